The van der Waals surface area contributed by atoms with E-state index in [1.165, 1.54) is 12.8 Å². The summed E-state index contributed by atoms with van der Waals surface area (Å²) in [5.74, 6) is 1.97. The molecule has 0 unspecified atom stereocenters. The van der Waals surface area contributed by atoms with Crippen molar-refractivity contribution in [2.75, 3.05) is 26.7 Å². The Labute approximate surface area is 154 Å². The Morgan fingerprint density at radius 3 is 2.81 bits per heavy atom. The van der Waals surface area contributed by atoms with Gasteiger partial charge < -0.3 is 14.2 Å². The fourth-order valence-corrected chi connectivity index (χ4v) is 4.11. The third-order valence-electron chi connectivity index (χ3n) is 5.56. The highest BCUT2D eigenvalue weighted by molar-refractivity contribution is 5.79. The number of aromatic nitrogens is 2. The number of fused-ring (bicyclic) bond motifs is 1. The van der Waals surface area contributed by atoms with Crippen LogP contribution in [0.1, 0.15) is 36.0 Å². The number of carbonyl (C=O) groups is 1. The first-order valence-corrected chi connectivity index (χ1v) is 9.33. The van der Waals surface area contributed by atoms with Gasteiger partial charge in [0.1, 0.15) is 11.6 Å². The minimum atomic E-state index is -0.0401. The first-order valence-electron chi connectivity index (χ1n) is 9.33. The number of ether oxygens (including phenoxy) is 1. The minimum Gasteiger partial charge on any atom is -0.496 e. The zero-order chi connectivity index (χ0) is 18.1. The molecule has 1 fully saturated rings. The lowest BCUT2D eigenvalue weighted by molar-refractivity contribution is -0.137. The zero-order valence-corrected chi connectivity index (χ0v) is 15.5. The van der Waals surface area contributed by atoms with Crippen molar-refractivity contribution in [1.82, 2.24) is 19.4 Å². The molecule has 138 valence electrons. The summed E-state index contributed by atoms with van der Waals surface area (Å²) in [6.45, 7) is 5.86. The van der Waals surface area contributed by atoms with Crippen molar-refractivity contribution in [3.05, 3.63) is 47.5 Å². The lowest BCUT2D eigenvalue weighted by atomic mass is 10.0. The average Bonchev–Trinajstić information content (AvgIpc) is 3.30. The van der Waals surface area contributed by atoms with Crippen molar-refractivity contribution in [2.45, 2.75) is 38.9 Å². The second-order valence-corrected chi connectivity index (χ2v) is 7.19. The van der Waals surface area contributed by atoms with Crippen molar-refractivity contribution in [2.24, 2.45) is 0 Å². The van der Waals surface area contributed by atoms with Gasteiger partial charge in [-0.3, -0.25) is 9.69 Å². The predicted octanol–water partition coefficient (Wildman–Crippen LogP) is 2.38. The summed E-state index contributed by atoms with van der Waals surface area (Å²) in [4.78, 5) is 21.9. The molecule has 1 atom stereocenters. The maximum absolute atomic E-state index is 13.2. The first-order chi connectivity index (χ1) is 12.7. The van der Waals surface area contributed by atoms with Crippen LogP contribution >= 0.6 is 0 Å². The highest BCUT2D eigenvalue weighted by Gasteiger charge is 2.34. The van der Waals surface area contributed by atoms with Gasteiger partial charge in [-0.15, -0.1) is 0 Å². The summed E-state index contributed by atoms with van der Waals surface area (Å²) in [5.41, 5.74) is 2.19. The normalized spacial score (nSPS) is 20.2. The SMILES string of the molecule is COc1ccccc1[C@@H]1Cn2c(C)cnc2CN1C(=O)CN1CCCC1. The molecule has 1 aromatic carbocycles. The molecule has 4 rings (SSSR count). The number of amides is 1. The summed E-state index contributed by atoms with van der Waals surface area (Å²) in [7, 11) is 1.69. The second-order valence-electron chi connectivity index (χ2n) is 7.19. The third-order valence-corrected chi connectivity index (χ3v) is 5.56. The molecule has 0 saturated carbocycles. The number of rotatable bonds is 4. The average molecular weight is 354 g/mol. The highest BCUT2D eigenvalue weighted by Crippen LogP contribution is 2.35. The number of methoxy groups -OCH3 is 1. The molecule has 6 nitrogen and oxygen atoms in total. The van der Waals surface area contributed by atoms with Gasteiger partial charge in [-0.25, -0.2) is 4.98 Å². The summed E-state index contributed by atoms with van der Waals surface area (Å²) >= 11 is 0. The lowest BCUT2D eigenvalue weighted by Crippen LogP contribution is -2.45. The molecule has 0 bridgehead atoms. The molecule has 0 radical (unpaired) electrons. The number of imidazole rings is 1. The van der Waals surface area contributed by atoms with Gasteiger partial charge in [0.2, 0.25) is 5.91 Å². The number of nitrogens with zero attached hydrogens (tertiary/aromatic N) is 4. The fraction of sp³-hybridized carbons (Fsp3) is 0.500. The summed E-state index contributed by atoms with van der Waals surface area (Å²) < 4.78 is 7.81. The van der Waals surface area contributed by atoms with Crippen molar-refractivity contribution >= 4 is 5.91 Å². The molecule has 1 amide bonds. The van der Waals surface area contributed by atoms with E-state index in [0.29, 0.717) is 19.6 Å². The number of carbonyl (C=O) groups excluding carboxylic acids is 1. The van der Waals surface area contributed by atoms with Gasteiger partial charge in [0, 0.05) is 24.0 Å². The summed E-state index contributed by atoms with van der Waals surface area (Å²) in [6.07, 6.45) is 4.27. The molecule has 1 aromatic heterocycles. The van der Waals surface area contributed by atoms with Gasteiger partial charge in [-0.1, -0.05) is 18.2 Å². The maximum atomic E-state index is 13.2. The molecule has 6 heteroatoms. The number of likely N-dealkylation sites (tertiary alicyclic amines) is 1. The Balaban J connectivity index is 1.67. The van der Waals surface area contributed by atoms with E-state index in [1.54, 1.807) is 7.11 Å². The van der Waals surface area contributed by atoms with E-state index < -0.39 is 0 Å². The molecule has 2 aromatic rings. The van der Waals surface area contributed by atoms with Gasteiger partial charge in [0.05, 0.1) is 26.2 Å². The summed E-state index contributed by atoms with van der Waals surface area (Å²) in [5, 5.41) is 0. The van der Waals surface area contributed by atoms with Crippen molar-refractivity contribution in [3.63, 3.8) is 0 Å². The molecule has 0 aliphatic carbocycles. The first kappa shape index (κ1) is 17.1. The molecular weight excluding hydrogens is 328 g/mol. The number of aryl methyl sites for hydroxylation is 1. The van der Waals surface area contributed by atoms with Gasteiger partial charge in [0.25, 0.3) is 0 Å². The van der Waals surface area contributed by atoms with Crippen molar-refractivity contribution in [3.8, 4) is 5.75 Å². The lowest BCUT2D eigenvalue weighted by Gasteiger charge is -2.38. The van der Waals surface area contributed by atoms with Crippen LogP contribution in [0, 0.1) is 6.92 Å². The van der Waals surface area contributed by atoms with Gasteiger partial charge in [-0.2, -0.15) is 0 Å². The van der Waals surface area contributed by atoms with Crippen LogP contribution in [0.15, 0.2) is 30.5 Å². The van der Waals surface area contributed by atoms with E-state index in [4.69, 9.17) is 4.74 Å². The molecule has 1 saturated heterocycles. The quantitative estimate of drug-likeness (QED) is 0.846. The topological polar surface area (TPSA) is 50.6 Å². The van der Waals surface area contributed by atoms with Gasteiger partial charge in [-0.05, 0) is 38.9 Å². The molecule has 3 heterocycles. The fourth-order valence-electron chi connectivity index (χ4n) is 4.11. The van der Waals surface area contributed by atoms with Gasteiger partial charge in [0.15, 0.2) is 0 Å². The Morgan fingerprint density at radius 1 is 1.27 bits per heavy atom. The minimum absolute atomic E-state index is 0.0401. The second kappa shape index (κ2) is 7.11. The molecule has 26 heavy (non-hydrogen) atoms. The number of hydrogen-bond donors (Lipinski definition) is 0. The van der Waals surface area contributed by atoms with E-state index >= 15 is 0 Å². The van der Waals surface area contributed by atoms with E-state index in [0.717, 1.165) is 35.9 Å². The highest BCUT2D eigenvalue weighted by atomic mass is 16.5. The van der Waals surface area contributed by atoms with E-state index in [9.17, 15) is 4.79 Å². The molecule has 0 spiro atoms. The number of para-hydroxylation sites is 1. The van der Waals surface area contributed by atoms with E-state index in [2.05, 4.69) is 27.4 Å². The van der Waals surface area contributed by atoms with Crippen LogP contribution in [0.25, 0.3) is 0 Å². The predicted molar refractivity (Wildman–Crippen MR) is 98.9 cm³/mol. The monoisotopic (exact) mass is 354 g/mol. The van der Waals surface area contributed by atoms with E-state index in [-0.39, 0.29) is 11.9 Å². The van der Waals surface area contributed by atoms with Gasteiger partial charge >= 0.3 is 0 Å². The number of hydrogen-bond acceptors (Lipinski definition) is 4. The Bertz CT molecular complexity index is 795. The van der Waals surface area contributed by atoms with Crippen LogP contribution in [0.2, 0.25) is 0 Å². The van der Waals surface area contributed by atoms with Crippen LogP contribution < -0.4 is 4.74 Å². The maximum Gasteiger partial charge on any atom is 0.237 e. The van der Waals surface area contributed by atoms with Crippen LogP contribution in [0.4, 0.5) is 0 Å². The van der Waals surface area contributed by atoms with Crippen LogP contribution in [-0.2, 0) is 17.9 Å². The van der Waals surface area contributed by atoms with E-state index in [1.807, 2.05) is 29.3 Å². The molecule has 2 aliphatic rings. The van der Waals surface area contributed by atoms with Crippen LogP contribution in [0.5, 0.6) is 5.75 Å². The summed E-state index contributed by atoms with van der Waals surface area (Å²) in [6, 6.07) is 7.97. The van der Waals surface area contributed by atoms with Crippen molar-refractivity contribution in [1.29, 1.82) is 0 Å². The molecule has 2 aliphatic heterocycles. The van der Waals surface area contributed by atoms with Crippen LogP contribution in [-0.4, -0.2) is 52.0 Å². The smallest absolute Gasteiger partial charge is 0.237 e. The third kappa shape index (κ3) is 3.09. The Kier molecular flexibility index (Phi) is 4.68. The van der Waals surface area contributed by atoms with Crippen molar-refractivity contribution < 1.29 is 9.53 Å². The largest absolute Gasteiger partial charge is 0.496 e. The Morgan fingerprint density at radius 2 is 2.04 bits per heavy atom. The number of benzene rings is 1. The molecule has 0 N–H and O–H groups in total. The zero-order valence-electron chi connectivity index (χ0n) is 15.5. The molecular formula is C20H26N4O2. The van der Waals surface area contributed by atoms with Crippen LogP contribution in [0.3, 0.4) is 0 Å². The standard InChI is InChI=1S/C20H26N4O2/c1-15-11-21-19-13-24(20(25)14-22-9-5-6-10-22)17(12-23(15)19)16-7-3-4-8-18(16)26-2/h3-4,7-8,11,17H,5-6,9-10,12-14H2,1-2H3/t17-/m0/s1. The Hall–Kier alpha value is -2.34.